The van der Waals surface area contributed by atoms with E-state index in [1.807, 2.05) is 67.3 Å². The molecule has 1 aliphatic rings. The van der Waals surface area contributed by atoms with Crippen LogP contribution in [0.1, 0.15) is 43.7 Å². The van der Waals surface area contributed by atoms with Crippen LogP contribution in [0.4, 0.5) is 5.69 Å². The Balaban J connectivity index is 1.73. The number of methoxy groups -OCH3 is 1. The number of ether oxygens (including phenoxy) is 2. The van der Waals surface area contributed by atoms with Gasteiger partial charge in [0.25, 0.3) is 0 Å². The van der Waals surface area contributed by atoms with Gasteiger partial charge >= 0.3 is 5.71 Å². The van der Waals surface area contributed by atoms with Crippen molar-refractivity contribution in [1.82, 2.24) is 15.0 Å². The second kappa shape index (κ2) is 13.0. The molecule has 1 aliphatic carbocycles. The van der Waals surface area contributed by atoms with Crippen LogP contribution in [0.15, 0.2) is 96.8 Å². The molecule has 43 heavy (non-hydrogen) atoms. The summed E-state index contributed by atoms with van der Waals surface area (Å²) >= 11 is 0. The molecule has 0 spiro atoms. The monoisotopic (exact) mass is 581 g/mol. The summed E-state index contributed by atoms with van der Waals surface area (Å²) < 4.78 is 13.6. The lowest BCUT2D eigenvalue weighted by molar-refractivity contribution is -0.725. The number of nitrogens with zero attached hydrogens (tertiary/aromatic N) is 5. The van der Waals surface area contributed by atoms with E-state index < -0.39 is 11.5 Å². The van der Waals surface area contributed by atoms with Crippen LogP contribution in [-0.2, 0) is 10.3 Å². The van der Waals surface area contributed by atoms with Gasteiger partial charge in [0.2, 0.25) is 0 Å². The van der Waals surface area contributed by atoms with E-state index in [-0.39, 0.29) is 16.4 Å². The van der Waals surface area contributed by atoms with E-state index in [1.54, 1.807) is 6.08 Å². The van der Waals surface area contributed by atoms with Crippen molar-refractivity contribution in [1.29, 1.82) is 0 Å². The number of hydrogen-bond acceptors (Lipinski definition) is 7. The molecule has 9 nitrogen and oxygen atoms in total. The van der Waals surface area contributed by atoms with Crippen LogP contribution < -0.4 is 9.64 Å². The average molecular weight is 582 g/mol. The second-order valence-corrected chi connectivity index (χ2v) is 10.9. The fourth-order valence-electron chi connectivity index (χ4n) is 5.78. The molecule has 1 aromatic heterocycles. The number of anilines is 1. The van der Waals surface area contributed by atoms with Crippen LogP contribution in [0.25, 0.3) is 11.0 Å². The molecule has 0 fully saturated rings. The van der Waals surface area contributed by atoms with Crippen molar-refractivity contribution >= 4 is 22.4 Å². The summed E-state index contributed by atoms with van der Waals surface area (Å²) in [6.07, 6.45) is 9.89. The van der Waals surface area contributed by atoms with Crippen LogP contribution >= 0.6 is 0 Å². The highest BCUT2D eigenvalue weighted by molar-refractivity contribution is 6.04. The van der Waals surface area contributed by atoms with Gasteiger partial charge in [0.1, 0.15) is 16.8 Å². The molecule has 0 radical (unpaired) electrons. The average Bonchev–Trinajstić information content (AvgIpc) is 3.46. The maximum atomic E-state index is 12.0. The molecule has 0 bridgehead atoms. The first kappa shape index (κ1) is 29.7. The molecular formula is C34H39N5O4. The third-order valence-electron chi connectivity index (χ3n) is 8.02. The van der Waals surface area contributed by atoms with Gasteiger partial charge in [-0.15, -0.1) is 5.10 Å². The van der Waals surface area contributed by atoms with Gasteiger partial charge in [0, 0.05) is 36.7 Å². The fourth-order valence-corrected chi connectivity index (χ4v) is 5.78. The van der Waals surface area contributed by atoms with Gasteiger partial charge < -0.3 is 19.6 Å². The van der Waals surface area contributed by atoms with Crippen molar-refractivity contribution in [2.75, 3.05) is 32.7 Å². The van der Waals surface area contributed by atoms with Crippen LogP contribution in [0, 0.1) is 11.1 Å². The molecule has 0 amide bonds. The van der Waals surface area contributed by atoms with E-state index in [1.165, 1.54) is 20.0 Å². The lowest BCUT2D eigenvalue weighted by Crippen LogP contribution is -2.44. The van der Waals surface area contributed by atoms with Gasteiger partial charge in [-0.1, -0.05) is 73.9 Å². The van der Waals surface area contributed by atoms with Gasteiger partial charge in [0.15, 0.2) is 5.76 Å². The lowest BCUT2D eigenvalue weighted by Gasteiger charge is -2.41. The Kier molecular flexibility index (Phi) is 8.99. The predicted molar refractivity (Wildman–Crippen MR) is 169 cm³/mol. The molecule has 2 atom stereocenters. The van der Waals surface area contributed by atoms with Gasteiger partial charge in [-0.25, -0.2) is 4.68 Å². The SMILES string of the molecule is CCCCCCOc1ccc(C(c2ccc(N(C)C)cc2)(C2C=C/C(=[N+](/[O-])O)C(OC)=C2)n2nnc3ccccc32)cc1. The molecule has 0 saturated heterocycles. The highest BCUT2D eigenvalue weighted by Gasteiger charge is 2.46. The van der Waals surface area contributed by atoms with Crippen molar-refractivity contribution < 1.29 is 19.6 Å². The minimum absolute atomic E-state index is 0.0193. The summed E-state index contributed by atoms with van der Waals surface area (Å²) in [6.45, 7) is 2.87. The first-order valence-electron chi connectivity index (χ1n) is 14.7. The van der Waals surface area contributed by atoms with Crippen LogP contribution in [0.2, 0.25) is 0 Å². The Morgan fingerprint density at radius 3 is 2.33 bits per heavy atom. The largest absolute Gasteiger partial charge is 0.494 e. The van der Waals surface area contributed by atoms with Crippen molar-refractivity contribution in [3.63, 3.8) is 0 Å². The van der Waals surface area contributed by atoms with Crippen molar-refractivity contribution in [3.8, 4) is 5.75 Å². The first-order valence-corrected chi connectivity index (χ1v) is 14.7. The normalized spacial score (nSPS) is 17.3. The zero-order valence-corrected chi connectivity index (χ0v) is 25.2. The van der Waals surface area contributed by atoms with E-state index >= 15 is 0 Å². The highest BCUT2D eigenvalue weighted by Crippen LogP contribution is 2.45. The van der Waals surface area contributed by atoms with Gasteiger partial charge in [-0.05, 0) is 60.0 Å². The third-order valence-corrected chi connectivity index (χ3v) is 8.02. The zero-order valence-electron chi connectivity index (χ0n) is 25.2. The maximum Gasteiger partial charge on any atom is 0.308 e. The Bertz CT molecular complexity index is 1620. The number of benzene rings is 3. The van der Waals surface area contributed by atoms with Gasteiger partial charge in [-0.3, -0.25) is 5.21 Å². The first-order chi connectivity index (χ1) is 20.9. The molecule has 2 unspecified atom stereocenters. The Morgan fingerprint density at radius 2 is 1.67 bits per heavy atom. The number of rotatable bonds is 12. The summed E-state index contributed by atoms with van der Waals surface area (Å²) in [4.78, 5) is 1.88. The fraction of sp³-hybridized carbons (Fsp3) is 0.324. The summed E-state index contributed by atoms with van der Waals surface area (Å²) in [5.74, 6) is 0.656. The number of fused-ring (bicyclic) bond motifs is 1. The van der Waals surface area contributed by atoms with Crippen molar-refractivity contribution in [3.05, 3.63) is 113 Å². The predicted octanol–water partition coefficient (Wildman–Crippen LogP) is 6.31. The highest BCUT2D eigenvalue weighted by atomic mass is 16.8. The molecule has 4 aromatic rings. The van der Waals surface area contributed by atoms with Crippen LogP contribution in [-0.4, -0.2) is 58.6 Å². The summed E-state index contributed by atoms with van der Waals surface area (Å²) in [5, 5.41) is 31.0. The summed E-state index contributed by atoms with van der Waals surface area (Å²) in [6, 6.07) is 24.3. The van der Waals surface area contributed by atoms with Gasteiger partial charge in [-0.2, -0.15) is 0 Å². The number of aromatic nitrogens is 3. The quantitative estimate of drug-likeness (QED) is 0.0907. The smallest absolute Gasteiger partial charge is 0.308 e. The van der Waals surface area contributed by atoms with Crippen molar-refractivity contribution in [2.24, 2.45) is 5.92 Å². The van der Waals surface area contributed by atoms with E-state index in [0.29, 0.717) is 6.61 Å². The van der Waals surface area contributed by atoms with E-state index in [9.17, 15) is 10.4 Å². The van der Waals surface area contributed by atoms with Crippen molar-refractivity contribution in [2.45, 2.75) is 38.1 Å². The standard InChI is InChI=1S/C34H39N5O4/c1-5-6-7-10-23-43-29-20-15-26(16-21-29)34(25-13-18-28(19-14-25)37(2)3,38-31-12-9-8-11-30(31)35-36-38)27-17-22-32(39(40)41)33(24-27)42-4/h8-9,11-22,24,27H,5-7,10,23H2,1-4H3,(H,40,41). The minimum Gasteiger partial charge on any atom is -0.494 e. The number of hydrogen-bond donors (Lipinski definition) is 1. The molecular weight excluding hydrogens is 542 g/mol. The third kappa shape index (κ3) is 5.80. The molecule has 1 heterocycles. The molecule has 5 rings (SSSR count). The molecule has 224 valence electrons. The molecule has 0 aliphatic heterocycles. The molecule has 3 aromatic carbocycles. The van der Waals surface area contributed by atoms with E-state index in [0.717, 1.165) is 46.4 Å². The number of para-hydroxylation sites is 1. The Morgan fingerprint density at radius 1 is 0.977 bits per heavy atom. The van der Waals surface area contributed by atoms with Crippen LogP contribution in [0.5, 0.6) is 5.75 Å². The number of allylic oxidation sites excluding steroid dienone is 3. The number of unbranched alkanes of at least 4 members (excludes halogenated alkanes) is 3. The topological polar surface area (TPSA) is 98.7 Å². The molecule has 0 saturated carbocycles. The summed E-state index contributed by atoms with van der Waals surface area (Å²) in [5.41, 5.74) is 3.60. The maximum absolute atomic E-state index is 12.0. The Hall–Kier alpha value is -4.79. The van der Waals surface area contributed by atoms with Crippen LogP contribution in [0.3, 0.4) is 0 Å². The van der Waals surface area contributed by atoms with E-state index in [2.05, 4.69) is 53.3 Å². The molecule has 9 heteroatoms. The Labute approximate surface area is 252 Å². The van der Waals surface area contributed by atoms with Gasteiger partial charge in [0.05, 0.1) is 19.2 Å². The lowest BCUT2D eigenvalue weighted by atomic mass is 9.71. The minimum atomic E-state index is -0.963. The summed E-state index contributed by atoms with van der Waals surface area (Å²) in [7, 11) is 5.50. The van der Waals surface area contributed by atoms with E-state index in [4.69, 9.17) is 14.7 Å². The molecule has 1 N–H and O–H groups in total. The second-order valence-electron chi connectivity index (χ2n) is 10.9. The zero-order chi connectivity index (χ0) is 30.4.